The second kappa shape index (κ2) is 9.29. The molecule has 0 heterocycles. The molecular formula is C24H23NS. The summed E-state index contributed by atoms with van der Waals surface area (Å²) in [6.07, 6.45) is 0. The van der Waals surface area contributed by atoms with Crippen LogP contribution in [0.2, 0.25) is 0 Å². The normalized spacial score (nSPS) is 12.9. The smallest absolute Gasteiger partial charge is 0.0878 e. The van der Waals surface area contributed by atoms with Crippen LogP contribution in [0.4, 0.5) is 0 Å². The van der Waals surface area contributed by atoms with Gasteiger partial charge in [0.05, 0.1) is 11.3 Å². The molecule has 3 aromatic rings. The van der Waals surface area contributed by atoms with E-state index in [0.717, 1.165) is 5.56 Å². The van der Waals surface area contributed by atoms with Gasteiger partial charge in [0.25, 0.3) is 0 Å². The lowest BCUT2D eigenvalue weighted by Gasteiger charge is -2.28. The average molecular weight is 358 g/mol. The Morgan fingerprint density at radius 3 is 1.85 bits per heavy atom. The van der Waals surface area contributed by atoms with Gasteiger partial charge in [-0.05, 0) is 43.9 Å². The van der Waals surface area contributed by atoms with E-state index in [0.29, 0.717) is 0 Å². The SMILES string of the molecule is CN(C)C(C#Cc1ccccc1)C(Sc1ccccc1)c1ccccc1. The molecule has 26 heavy (non-hydrogen) atoms. The molecule has 0 aliphatic rings. The lowest BCUT2D eigenvalue weighted by molar-refractivity contribution is 0.347. The van der Waals surface area contributed by atoms with Gasteiger partial charge in [0, 0.05) is 10.5 Å². The predicted molar refractivity (Wildman–Crippen MR) is 112 cm³/mol. The van der Waals surface area contributed by atoms with E-state index in [4.69, 9.17) is 0 Å². The molecule has 3 rings (SSSR count). The zero-order valence-electron chi connectivity index (χ0n) is 15.2. The summed E-state index contributed by atoms with van der Waals surface area (Å²) in [6.45, 7) is 0. The fourth-order valence-electron chi connectivity index (χ4n) is 2.76. The van der Waals surface area contributed by atoms with Crippen molar-refractivity contribution in [2.45, 2.75) is 16.2 Å². The molecule has 0 fully saturated rings. The van der Waals surface area contributed by atoms with Gasteiger partial charge in [-0.3, -0.25) is 4.90 Å². The largest absolute Gasteiger partial charge is 0.295 e. The fraction of sp³-hybridized carbons (Fsp3) is 0.167. The Balaban J connectivity index is 1.95. The predicted octanol–water partition coefficient (Wildman–Crippen LogP) is 5.50. The molecule has 0 N–H and O–H groups in total. The van der Waals surface area contributed by atoms with Crippen LogP contribution >= 0.6 is 11.8 Å². The highest BCUT2D eigenvalue weighted by molar-refractivity contribution is 7.99. The number of hydrogen-bond acceptors (Lipinski definition) is 2. The maximum absolute atomic E-state index is 3.51. The minimum atomic E-state index is 0.0998. The first-order valence-electron chi connectivity index (χ1n) is 8.74. The second-order valence-electron chi connectivity index (χ2n) is 6.31. The number of rotatable bonds is 5. The number of thioether (sulfide) groups is 1. The third-order valence-corrected chi connectivity index (χ3v) is 5.44. The average Bonchev–Trinajstić information content (AvgIpc) is 2.69. The number of likely N-dealkylation sites (N-methyl/N-ethyl adjacent to an activating group) is 1. The van der Waals surface area contributed by atoms with E-state index in [-0.39, 0.29) is 11.3 Å². The molecule has 0 radical (unpaired) electrons. The first-order chi connectivity index (χ1) is 12.7. The minimum Gasteiger partial charge on any atom is -0.295 e. The lowest BCUT2D eigenvalue weighted by atomic mass is 10.0. The van der Waals surface area contributed by atoms with Gasteiger partial charge in [-0.25, -0.2) is 0 Å². The van der Waals surface area contributed by atoms with Crippen LogP contribution in [0.3, 0.4) is 0 Å². The van der Waals surface area contributed by atoms with E-state index < -0.39 is 0 Å². The van der Waals surface area contributed by atoms with Crippen molar-refractivity contribution >= 4 is 11.8 Å². The van der Waals surface area contributed by atoms with Gasteiger partial charge in [-0.15, -0.1) is 11.8 Å². The Hall–Kier alpha value is -2.47. The molecule has 2 unspecified atom stereocenters. The van der Waals surface area contributed by atoms with E-state index in [1.54, 1.807) is 0 Å². The van der Waals surface area contributed by atoms with Crippen LogP contribution < -0.4 is 0 Å². The van der Waals surface area contributed by atoms with Crippen LogP contribution in [-0.4, -0.2) is 25.0 Å². The van der Waals surface area contributed by atoms with Crippen LogP contribution in [0, 0.1) is 11.8 Å². The van der Waals surface area contributed by atoms with Crippen LogP contribution in [0.1, 0.15) is 16.4 Å². The van der Waals surface area contributed by atoms with Gasteiger partial charge in [-0.2, -0.15) is 0 Å². The Bertz CT molecular complexity index is 848. The van der Waals surface area contributed by atoms with Crippen LogP contribution in [0.5, 0.6) is 0 Å². The molecule has 130 valence electrons. The lowest BCUT2D eigenvalue weighted by Crippen LogP contribution is -2.31. The van der Waals surface area contributed by atoms with E-state index in [9.17, 15) is 0 Å². The zero-order chi connectivity index (χ0) is 18.2. The number of nitrogens with zero attached hydrogens (tertiary/aromatic N) is 1. The number of hydrogen-bond donors (Lipinski definition) is 0. The van der Waals surface area contributed by atoms with Crippen LogP contribution in [-0.2, 0) is 0 Å². The highest BCUT2D eigenvalue weighted by Crippen LogP contribution is 2.39. The fourth-order valence-corrected chi connectivity index (χ4v) is 4.10. The van der Waals surface area contributed by atoms with E-state index in [1.165, 1.54) is 10.5 Å². The van der Waals surface area contributed by atoms with E-state index in [2.05, 4.69) is 104 Å². The third kappa shape index (κ3) is 5.02. The van der Waals surface area contributed by atoms with Crippen molar-refractivity contribution in [3.8, 4) is 11.8 Å². The van der Waals surface area contributed by atoms with E-state index >= 15 is 0 Å². The van der Waals surface area contributed by atoms with Crippen molar-refractivity contribution in [1.82, 2.24) is 4.90 Å². The summed E-state index contributed by atoms with van der Waals surface area (Å²) in [5, 5.41) is 0.227. The standard InChI is InChI=1S/C24H23NS/c1-25(2)23(19-18-20-12-6-3-7-13-20)24(21-14-8-4-9-15-21)26-22-16-10-5-11-17-22/h3-17,23-24H,1-2H3. The van der Waals surface area contributed by atoms with Crippen LogP contribution in [0.15, 0.2) is 95.9 Å². The molecule has 1 nitrogen and oxygen atoms in total. The van der Waals surface area contributed by atoms with Gasteiger partial charge in [0.2, 0.25) is 0 Å². The summed E-state index contributed by atoms with van der Waals surface area (Å²) in [7, 11) is 4.21. The van der Waals surface area contributed by atoms with Crippen molar-refractivity contribution in [2.24, 2.45) is 0 Å². The molecule has 0 saturated carbocycles. The second-order valence-corrected chi connectivity index (χ2v) is 7.52. The van der Waals surface area contributed by atoms with Crippen molar-refractivity contribution in [2.75, 3.05) is 14.1 Å². The zero-order valence-corrected chi connectivity index (χ0v) is 16.0. The minimum absolute atomic E-state index is 0.0998. The summed E-state index contributed by atoms with van der Waals surface area (Å²) in [5.41, 5.74) is 2.35. The molecule has 0 aromatic heterocycles. The summed E-state index contributed by atoms with van der Waals surface area (Å²) in [6, 6.07) is 31.5. The quantitative estimate of drug-likeness (QED) is 0.438. The van der Waals surface area contributed by atoms with Crippen molar-refractivity contribution in [3.63, 3.8) is 0 Å². The Labute approximate surface area is 161 Å². The topological polar surface area (TPSA) is 3.24 Å². The van der Waals surface area contributed by atoms with E-state index in [1.807, 2.05) is 30.0 Å². The Morgan fingerprint density at radius 2 is 1.27 bits per heavy atom. The van der Waals surface area contributed by atoms with Gasteiger partial charge >= 0.3 is 0 Å². The Morgan fingerprint density at radius 1 is 0.731 bits per heavy atom. The number of benzene rings is 3. The molecular weight excluding hydrogens is 334 g/mol. The molecule has 0 aliphatic heterocycles. The Kier molecular flexibility index (Phi) is 6.55. The summed E-state index contributed by atoms with van der Waals surface area (Å²) >= 11 is 1.87. The summed E-state index contributed by atoms with van der Waals surface area (Å²) in [4.78, 5) is 3.47. The van der Waals surface area contributed by atoms with Gasteiger partial charge in [-0.1, -0.05) is 78.6 Å². The van der Waals surface area contributed by atoms with Crippen molar-refractivity contribution in [3.05, 3.63) is 102 Å². The van der Waals surface area contributed by atoms with Gasteiger partial charge in [0.1, 0.15) is 0 Å². The molecule has 3 aromatic carbocycles. The molecule has 2 heteroatoms. The molecule has 0 aliphatic carbocycles. The molecule has 0 amide bonds. The molecule has 0 bridgehead atoms. The molecule has 0 spiro atoms. The van der Waals surface area contributed by atoms with Crippen molar-refractivity contribution in [1.29, 1.82) is 0 Å². The van der Waals surface area contributed by atoms with Gasteiger partial charge in [0.15, 0.2) is 0 Å². The maximum Gasteiger partial charge on any atom is 0.0878 e. The first-order valence-corrected chi connectivity index (χ1v) is 9.61. The highest BCUT2D eigenvalue weighted by Gasteiger charge is 2.24. The van der Waals surface area contributed by atoms with Crippen LogP contribution in [0.25, 0.3) is 0 Å². The monoisotopic (exact) mass is 357 g/mol. The van der Waals surface area contributed by atoms with Crippen molar-refractivity contribution < 1.29 is 0 Å². The van der Waals surface area contributed by atoms with Gasteiger partial charge < -0.3 is 0 Å². The third-order valence-electron chi connectivity index (χ3n) is 4.12. The first kappa shape index (κ1) is 18.3. The highest BCUT2D eigenvalue weighted by atomic mass is 32.2. The molecule has 2 atom stereocenters. The summed E-state index contributed by atoms with van der Waals surface area (Å²) in [5.74, 6) is 6.87. The maximum atomic E-state index is 3.51. The summed E-state index contributed by atoms with van der Waals surface area (Å²) < 4.78 is 0. The molecule has 0 saturated heterocycles.